The number of hydrogen-bond acceptors (Lipinski definition) is 11. The molecule has 0 amide bonds. The molecule has 98 heavy (non-hydrogen) atoms. The molecule has 496 valence electrons. The average Bonchev–Trinajstić information content (AvgIpc) is 1.66. The molecular weight excluding hydrogens is 1250 g/mol. The van der Waals surface area contributed by atoms with E-state index in [1.54, 1.807) is 30.2 Å². The minimum absolute atomic E-state index is 0.110. The number of rotatable bonds is 11. The number of thiocarbonyl (C=S) groups is 2. The highest BCUT2D eigenvalue weighted by atomic mass is 32.1. The molecule has 0 unspecified atom stereocenters. The number of hydrogen-bond donors (Lipinski definition) is 3. The Labute approximate surface area is 588 Å². The van der Waals surface area contributed by atoms with Crippen LogP contribution in [0.4, 0.5) is 17.6 Å². The fourth-order valence-corrected chi connectivity index (χ4v) is 10.8. The average molecular weight is 1330 g/mol. The van der Waals surface area contributed by atoms with Crippen molar-refractivity contribution in [2.45, 2.75) is 67.9 Å². The van der Waals surface area contributed by atoms with Gasteiger partial charge in [-0.15, -0.1) is 0 Å². The van der Waals surface area contributed by atoms with Gasteiger partial charge in [-0.05, 0) is 135 Å². The van der Waals surface area contributed by atoms with E-state index in [-0.39, 0.29) is 16.7 Å². The monoisotopic (exact) mass is 1330 g/mol. The fraction of sp³-hybridized carbons (Fsp3) is 0.169. The van der Waals surface area contributed by atoms with Gasteiger partial charge in [0.25, 0.3) is 0 Å². The summed E-state index contributed by atoms with van der Waals surface area (Å²) in [6.45, 7) is 14.4. The maximum absolute atomic E-state index is 11.6. The first-order valence-electron chi connectivity index (χ1n) is 32.2. The fourth-order valence-electron chi connectivity index (χ4n) is 10.6. The second-order valence-corrected chi connectivity index (χ2v) is 25.3. The van der Waals surface area contributed by atoms with Gasteiger partial charge in [0.05, 0.1) is 12.7 Å². The van der Waals surface area contributed by atoms with Gasteiger partial charge in [-0.2, -0.15) is 5.10 Å². The van der Waals surface area contributed by atoms with Crippen LogP contribution in [0.3, 0.4) is 0 Å². The number of carbonyl (C=O) groups excluding carboxylic acids is 2. The van der Waals surface area contributed by atoms with Gasteiger partial charge >= 0.3 is 0 Å². The van der Waals surface area contributed by atoms with Crippen molar-refractivity contribution in [3.8, 4) is 66.8 Å². The van der Waals surface area contributed by atoms with Gasteiger partial charge in [0.2, 0.25) is 11.9 Å². The smallest absolute Gasteiger partial charge is 0.224 e. The van der Waals surface area contributed by atoms with Gasteiger partial charge < -0.3 is 26.6 Å². The minimum atomic E-state index is 0.110. The zero-order valence-corrected chi connectivity index (χ0v) is 59.3. The normalized spacial score (nSPS) is 10.8. The number of nitrogens with zero attached hydrogens (tertiary/aromatic N) is 8. The summed E-state index contributed by atoms with van der Waals surface area (Å²) in [7, 11) is 7.80. The third-order valence-corrected chi connectivity index (χ3v) is 16.3. The largest absolute Gasteiger partial charge is 0.376 e. The third kappa shape index (κ3) is 22.2. The maximum atomic E-state index is 11.6. The summed E-state index contributed by atoms with van der Waals surface area (Å²) < 4.78 is 1.67. The highest BCUT2D eigenvalue weighted by Crippen LogP contribution is 2.30. The van der Waals surface area contributed by atoms with Gasteiger partial charge in [-0.3, -0.25) is 14.3 Å². The first kappa shape index (κ1) is 72.7. The summed E-state index contributed by atoms with van der Waals surface area (Å²) in [5.41, 5.74) is 36.2. The number of nitrogen functional groups attached to an aromatic ring is 1. The SMILES string of the molecule is CC(=O)Cn1cc(-c2cccc(C)c2)cn1.Cc1cccc(-c2ccc(C(=S)N(C)C)cc2)c1.Cc1cccc(-c2ccc(NC(N)=S)cc2)c1.Cc1cccc(-c2ccc3c(c2)CCC3=O)c1.Cc1cccc(-c2cnc(N(C)C)nc2)c1.Cc1cccc(-c2cnc(N)nc2)c1. The Bertz CT molecular complexity index is 4640. The zero-order valence-electron chi connectivity index (χ0n) is 57.7. The van der Waals surface area contributed by atoms with Crippen LogP contribution in [0.15, 0.2) is 250 Å². The van der Waals surface area contributed by atoms with Crippen LogP contribution in [0.1, 0.15) is 68.2 Å². The number of fused-ring (bicyclic) bond motifs is 1. The van der Waals surface area contributed by atoms with Crippen molar-refractivity contribution in [3.63, 3.8) is 0 Å². The van der Waals surface area contributed by atoms with Crippen LogP contribution in [0, 0.1) is 41.5 Å². The molecule has 3 aromatic heterocycles. The van der Waals surface area contributed by atoms with Crippen molar-refractivity contribution < 1.29 is 9.59 Å². The predicted molar refractivity (Wildman–Crippen MR) is 415 cm³/mol. The second-order valence-electron chi connectivity index (χ2n) is 24.5. The summed E-state index contributed by atoms with van der Waals surface area (Å²) >= 11 is 10.1. The van der Waals surface area contributed by atoms with Crippen molar-refractivity contribution in [1.29, 1.82) is 0 Å². The minimum Gasteiger partial charge on any atom is -0.376 e. The van der Waals surface area contributed by atoms with Crippen LogP contribution in [-0.4, -0.2) is 84.5 Å². The summed E-state index contributed by atoms with van der Waals surface area (Å²) in [6, 6.07) is 72.8. The quantitative estimate of drug-likeness (QED) is 0.104. The molecule has 13 nitrogen and oxygen atoms in total. The Morgan fingerprint density at radius 1 is 0.469 bits per heavy atom. The van der Waals surface area contributed by atoms with E-state index in [9.17, 15) is 9.59 Å². The van der Waals surface area contributed by atoms with Crippen molar-refractivity contribution in [2.24, 2.45) is 5.73 Å². The number of anilines is 3. The van der Waals surface area contributed by atoms with E-state index in [4.69, 9.17) is 35.9 Å². The van der Waals surface area contributed by atoms with Crippen LogP contribution in [0.2, 0.25) is 0 Å². The molecule has 9 aromatic carbocycles. The molecule has 3 heterocycles. The van der Waals surface area contributed by atoms with Crippen molar-refractivity contribution in [2.75, 3.05) is 44.1 Å². The standard InChI is InChI=1S/C16H17NS.C16H14O.C14H14N2S.C13H15N3.C13H14N2O.C11H11N3/c1-12-5-4-6-15(11-12)13-7-9-14(10-8-13)16(18)17(2)3;1-11-3-2-4-12(9-11)13-5-7-15-14(10-13)6-8-16(15)17;1-10-3-2-4-12(9-10)11-5-7-13(8-6-11)16-14(15)17;1-10-5-4-6-11(7-10)12-8-14-13(15-9-12)16(2)3;1-10-4-3-5-12(6-10)13-7-14-15(9-13)8-11(2)16;1-8-3-2-4-9(5-8)10-6-13-11(12)14-7-10/h4-11H,1-3H3;2-5,7,9-10H,6,8H2,1H3;2-9H,1H3,(H3,15,16,17);4-9H,1-3H3;3-7,9H,8H2,1-2H3;2-7H,1H3,(H2,12,13,14). The Balaban J connectivity index is 0.000000150. The molecule has 0 radical (unpaired) electrons. The van der Waals surface area contributed by atoms with Gasteiger partial charge in [-0.25, -0.2) is 19.9 Å². The van der Waals surface area contributed by atoms with E-state index < -0.39 is 0 Å². The number of benzene rings is 9. The topological polar surface area (TPSA) is 174 Å². The number of aryl methyl sites for hydroxylation is 7. The lowest BCUT2D eigenvalue weighted by Gasteiger charge is -2.14. The van der Waals surface area contributed by atoms with Crippen LogP contribution >= 0.6 is 24.4 Å². The van der Waals surface area contributed by atoms with Crippen LogP contribution in [0.25, 0.3) is 66.8 Å². The summed E-state index contributed by atoms with van der Waals surface area (Å²) in [6.07, 6.45) is 12.4. The predicted octanol–water partition coefficient (Wildman–Crippen LogP) is 18.0. The van der Waals surface area contributed by atoms with E-state index in [1.165, 1.54) is 72.3 Å². The molecule has 0 bridgehead atoms. The molecule has 13 rings (SSSR count). The van der Waals surface area contributed by atoms with Crippen LogP contribution in [0.5, 0.6) is 0 Å². The van der Waals surface area contributed by atoms with Gasteiger partial charge in [0, 0.05) is 99.1 Å². The number of ketones is 2. The molecule has 0 aliphatic heterocycles. The zero-order chi connectivity index (χ0) is 70.3. The molecule has 1 aliphatic rings. The number of nitrogens with two attached hydrogens (primary N) is 2. The van der Waals surface area contributed by atoms with Gasteiger partial charge in [-0.1, -0.05) is 246 Å². The lowest BCUT2D eigenvalue weighted by molar-refractivity contribution is -0.117. The third-order valence-electron chi connectivity index (χ3n) is 15.6. The van der Waals surface area contributed by atoms with E-state index in [1.807, 2.05) is 105 Å². The first-order valence-corrected chi connectivity index (χ1v) is 33.0. The highest BCUT2D eigenvalue weighted by Gasteiger charge is 2.19. The molecular formula is C83H85N11O2S2. The Hall–Kier alpha value is -11.1. The van der Waals surface area contributed by atoms with Crippen molar-refractivity contribution in [3.05, 3.63) is 300 Å². The van der Waals surface area contributed by atoms with Gasteiger partial charge in [0.15, 0.2) is 16.7 Å². The van der Waals surface area contributed by atoms with Gasteiger partial charge in [0.1, 0.15) is 4.99 Å². The molecule has 0 spiro atoms. The molecule has 0 fully saturated rings. The summed E-state index contributed by atoms with van der Waals surface area (Å²) in [5.74, 6) is 1.44. The molecule has 0 saturated carbocycles. The molecule has 5 N–H and O–H groups in total. The summed E-state index contributed by atoms with van der Waals surface area (Å²) in [5, 5.41) is 7.35. The molecule has 12 aromatic rings. The Morgan fingerprint density at radius 3 is 1.24 bits per heavy atom. The maximum Gasteiger partial charge on any atom is 0.224 e. The number of aromatic nitrogens is 6. The van der Waals surface area contributed by atoms with E-state index in [0.29, 0.717) is 18.9 Å². The lowest BCUT2D eigenvalue weighted by atomic mass is 9.99. The highest BCUT2D eigenvalue weighted by molar-refractivity contribution is 7.80. The molecule has 0 atom stereocenters. The second kappa shape index (κ2) is 35.6. The molecule has 1 aliphatic carbocycles. The van der Waals surface area contributed by atoms with Crippen LogP contribution < -0.4 is 21.7 Å². The number of carbonyl (C=O) groups is 2. The van der Waals surface area contributed by atoms with Crippen LogP contribution in [-0.2, 0) is 17.8 Å². The number of nitrogens with one attached hydrogen (secondary N) is 1. The molecule has 15 heteroatoms. The Morgan fingerprint density at radius 2 is 0.847 bits per heavy atom. The lowest BCUT2D eigenvalue weighted by Crippen LogP contribution is -2.20. The first-order chi connectivity index (χ1) is 47.0. The Kier molecular flexibility index (Phi) is 26.4. The van der Waals surface area contributed by atoms with E-state index in [2.05, 4.69) is 236 Å². The van der Waals surface area contributed by atoms with Crippen molar-refractivity contribution in [1.82, 2.24) is 34.6 Å². The van der Waals surface area contributed by atoms with E-state index in [0.717, 1.165) is 67.6 Å². The summed E-state index contributed by atoms with van der Waals surface area (Å²) in [4.78, 5) is 43.7. The van der Waals surface area contributed by atoms with E-state index >= 15 is 0 Å². The molecule has 0 saturated heterocycles. The number of Topliss-reactive ketones (excluding diaryl/α,β-unsaturated/α-hetero) is 2. The van der Waals surface area contributed by atoms with Crippen molar-refractivity contribution >= 4 is 63.7 Å².